The molecule has 6 nitrogen and oxygen atoms in total. The topological polar surface area (TPSA) is 64.3 Å². The Morgan fingerprint density at radius 3 is 2.81 bits per heavy atom. The number of H-pyrrole nitrogens is 1. The Balaban J connectivity index is 1.54. The summed E-state index contributed by atoms with van der Waals surface area (Å²) in [5.74, 6) is -0.191. The van der Waals surface area contributed by atoms with E-state index in [1.807, 2.05) is 19.9 Å². The number of aromatic amines is 1. The smallest absolute Gasteiger partial charge is 0.276 e. The van der Waals surface area contributed by atoms with Crippen LogP contribution in [-0.2, 0) is 0 Å². The molecule has 3 rings (SSSR count). The van der Waals surface area contributed by atoms with Crippen molar-refractivity contribution < 1.29 is 4.79 Å². The highest BCUT2D eigenvalue weighted by molar-refractivity contribution is 6.03. The minimum Gasteiger partial charge on any atom is -0.375 e. The Morgan fingerprint density at radius 2 is 2.19 bits per heavy atom. The van der Waals surface area contributed by atoms with Gasteiger partial charge in [0, 0.05) is 43.2 Å². The molecule has 1 saturated heterocycles. The lowest BCUT2D eigenvalue weighted by Gasteiger charge is -2.24. The Hall–Kier alpha value is -2.34. The number of hydrogen-bond acceptors (Lipinski definition) is 4. The number of nitrogens with one attached hydrogen (secondary N) is 2. The molecular weight excluding hydrogens is 338 g/mol. The molecule has 6 heteroatoms. The van der Waals surface area contributed by atoms with Gasteiger partial charge in [0.05, 0.1) is 0 Å². The van der Waals surface area contributed by atoms with E-state index in [1.165, 1.54) is 31.6 Å². The molecule has 1 unspecified atom stereocenters. The summed E-state index contributed by atoms with van der Waals surface area (Å²) in [4.78, 5) is 17.2. The zero-order valence-electron chi connectivity index (χ0n) is 16.9. The third-order valence-electron chi connectivity index (χ3n) is 5.47. The quantitative estimate of drug-likeness (QED) is 0.783. The zero-order chi connectivity index (χ0) is 19.4. The van der Waals surface area contributed by atoms with Gasteiger partial charge in [0.1, 0.15) is 0 Å². The van der Waals surface area contributed by atoms with Crippen molar-refractivity contribution in [2.45, 2.75) is 46.1 Å². The number of benzene rings is 1. The maximum Gasteiger partial charge on any atom is 0.276 e. The second-order valence-electron chi connectivity index (χ2n) is 7.69. The number of anilines is 2. The van der Waals surface area contributed by atoms with Gasteiger partial charge < -0.3 is 15.1 Å². The van der Waals surface area contributed by atoms with Crippen molar-refractivity contribution in [2.75, 3.05) is 36.9 Å². The second-order valence-corrected chi connectivity index (χ2v) is 7.69. The number of carbonyl (C=O) groups is 1. The van der Waals surface area contributed by atoms with E-state index in [0.29, 0.717) is 5.69 Å². The number of aryl methyl sites for hydroxylation is 2. The average Bonchev–Trinajstić information content (AvgIpc) is 3.25. The molecule has 1 atom stereocenters. The predicted molar refractivity (Wildman–Crippen MR) is 111 cm³/mol. The second kappa shape index (κ2) is 8.57. The molecule has 0 spiro atoms. The normalized spacial score (nSPS) is 17.3. The number of hydrogen-bond donors (Lipinski definition) is 2. The largest absolute Gasteiger partial charge is 0.375 e. The van der Waals surface area contributed by atoms with E-state index in [4.69, 9.17) is 0 Å². The summed E-state index contributed by atoms with van der Waals surface area (Å²) in [6.45, 7) is 9.67. The van der Waals surface area contributed by atoms with Gasteiger partial charge in [0.25, 0.3) is 5.91 Å². The molecule has 2 heterocycles. The minimum absolute atomic E-state index is 0.191. The summed E-state index contributed by atoms with van der Waals surface area (Å²) in [7, 11) is 2.13. The number of rotatable bonds is 7. The van der Waals surface area contributed by atoms with Crippen LogP contribution in [0.2, 0.25) is 0 Å². The summed E-state index contributed by atoms with van der Waals surface area (Å²) < 4.78 is 0. The van der Waals surface area contributed by atoms with Crippen molar-refractivity contribution in [1.29, 1.82) is 0 Å². The first-order valence-electron chi connectivity index (χ1n) is 9.83. The first-order chi connectivity index (χ1) is 12.9. The molecule has 2 N–H and O–H groups in total. The lowest BCUT2D eigenvalue weighted by molar-refractivity contribution is 0.102. The SMILES string of the molecule is Cc1cc(C(=O)Nc2ccc(N(C)CCCN3CCCC3C)cc2C)n[nH]1. The number of amides is 1. The van der Waals surface area contributed by atoms with E-state index >= 15 is 0 Å². The molecule has 1 aromatic heterocycles. The summed E-state index contributed by atoms with van der Waals surface area (Å²) in [6, 6.07) is 8.65. The number of nitrogens with zero attached hydrogens (tertiary/aromatic N) is 3. The van der Waals surface area contributed by atoms with E-state index < -0.39 is 0 Å². The molecule has 0 saturated carbocycles. The molecule has 1 fully saturated rings. The number of likely N-dealkylation sites (tertiary alicyclic amines) is 1. The first-order valence-corrected chi connectivity index (χ1v) is 9.83. The molecule has 1 amide bonds. The van der Waals surface area contributed by atoms with E-state index in [1.54, 1.807) is 6.07 Å². The van der Waals surface area contributed by atoms with E-state index in [9.17, 15) is 4.79 Å². The lowest BCUT2D eigenvalue weighted by Crippen LogP contribution is -2.30. The van der Waals surface area contributed by atoms with Gasteiger partial charge in [-0.15, -0.1) is 0 Å². The summed E-state index contributed by atoms with van der Waals surface area (Å²) in [5, 5.41) is 9.75. The molecule has 0 radical (unpaired) electrons. The van der Waals surface area contributed by atoms with Crippen molar-refractivity contribution in [3.63, 3.8) is 0 Å². The highest BCUT2D eigenvalue weighted by atomic mass is 16.1. The van der Waals surface area contributed by atoms with Crippen molar-refractivity contribution in [3.8, 4) is 0 Å². The Labute approximate surface area is 161 Å². The molecule has 1 aliphatic rings. The maximum atomic E-state index is 12.3. The summed E-state index contributed by atoms with van der Waals surface area (Å²) >= 11 is 0. The third kappa shape index (κ3) is 4.89. The van der Waals surface area contributed by atoms with Crippen LogP contribution < -0.4 is 10.2 Å². The van der Waals surface area contributed by atoms with Crippen LogP contribution in [-0.4, -0.2) is 53.7 Å². The Morgan fingerprint density at radius 1 is 1.37 bits per heavy atom. The molecule has 27 heavy (non-hydrogen) atoms. The zero-order valence-corrected chi connectivity index (χ0v) is 16.9. The summed E-state index contributed by atoms with van der Waals surface area (Å²) in [5.41, 5.74) is 4.33. The van der Waals surface area contributed by atoms with Crippen LogP contribution in [0.5, 0.6) is 0 Å². The van der Waals surface area contributed by atoms with Gasteiger partial charge in [-0.2, -0.15) is 5.10 Å². The fourth-order valence-electron chi connectivity index (χ4n) is 3.71. The molecule has 1 aromatic carbocycles. The molecule has 1 aliphatic heterocycles. The van der Waals surface area contributed by atoms with Crippen LogP contribution in [0.1, 0.15) is 47.9 Å². The molecule has 146 valence electrons. The third-order valence-corrected chi connectivity index (χ3v) is 5.47. The fourth-order valence-corrected chi connectivity index (χ4v) is 3.71. The van der Waals surface area contributed by atoms with Crippen LogP contribution >= 0.6 is 0 Å². The van der Waals surface area contributed by atoms with Crippen LogP contribution in [0.4, 0.5) is 11.4 Å². The van der Waals surface area contributed by atoms with Crippen molar-refractivity contribution in [1.82, 2.24) is 15.1 Å². The monoisotopic (exact) mass is 369 g/mol. The Kier molecular flexibility index (Phi) is 6.16. The van der Waals surface area contributed by atoms with E-state index in [2.05, 4.69) is 51.4 Å². The predicted octanol–water partition coefficient (Wildman–Crippen LogP) is 3.59. The first kappa shape index (κ1) is 19.4. The van der Waals surface area contributed by atoms with Crippen LogP contribution in [0.15, 0.2) is 24.3 Å². The molecule has 2 aromatic rings. The minimum atomic E-state index is -0.191. The van der Waals surface area contributed by atoms with E-state index in [-0.39, 0.29) is 5.91 Å². The van der Waals surface area contributed by atoms with Gasteiger partial charge in [0.2, 0.25) is 0 Å². The van der Waals surface area contributed by atoms with Crippen molar-refractivity contribution in [2.24, 2.45) is 0 Å². The van der Waals surface area contributed by atoms with Crippen LogP contribution in [0.25, 0.3) is 0 Å². The fraction of sp³-hybridized carbons (Fsp3) is 0.524. The van der Waals surface area contributed by atoms with Gasteiger partial charge in [-0.25, -0.2) is 0 Å². The average molecular weight is 370 g/mol. The lowest BCUT2D eigenvalue weighted by atomic mass is 10.1. The van der Waals surface area contributed by atoms with Gasteiger partial charge in [-0.05, 0) is 76.4 Å². The van der Waals surface area contributed by atoms with Crippen LogP contribution in [0.3, 0.4) is 0 Å². The van der Waals surface area contributed by atoms with Crippen LogP contribution in [0, 0.1) is 13.8 Å². The molecular formula is C21H31N5O. The van der Waals surface area contributed by atoms with Gasteiger partial charge in [-0.1, -0.05) is 0 Å². The maximum absolute atomic E-state index is 12.3. The molecule has 0 bridgehead atoms. The highest BCUT2D eigenvalue weighted by Crippen LogP contribution is 2.23. The highest BCUT2D eigenvalue weighted by Gasteiger charge is 2.19. The van der Waals surface area contributed by atoms with Crippen molar-refractivity contribution in [3.05, 3.63) is 41.2 Å². The Bertz CT molecular complexity index is 785. The van der Waals surface area contributed by atoms with Gasteiger partial charge in [-0.3, -0.25) is 9.89 Å². The van der Waals surface area contributed by atoms with Crippen molar-refractivity contribution >= 4 is 17.3 Å². The molecule has 0 aliphatic carbocycles. The van der Waals surface area contributed by atoms with Gasteiger partial charge in [0.15, 0.2) is 5.69 Å². The number of aromatic nitrogens is 2. The van der Waals surface area contributed by atoms with E-state index in [0.717, 1.165) is 36.0 Å². The number of carbonyl (C=O) groups excluding carboxylic acids is 1. The standard InChI is InChI=1S/C21H31N5O/c1-15-13-18(25(4)10-6-12-26-11-5-7-17(26)3)8-9-19(15)22-21(27)20-14-16(2)23-24-20/h8-9,13-14,17H,5-7,10-12H2,1-4H3,(H,22,27)(H,23,24). The summed E-state index contributed by atoms with van der Waals surface area (Å²) in [6.07, 6.45) is 3.83. The van der Waals surface area contributed by atoms with Gasteiger partial charge >= 0.3 is 0 Å².